The van der Waals surface area contributed by atoms with E-state index in [1.54, 1.807) is 0 Å². The number of primary amides is 1. The molecule has 0 spiro atoms. The van der Waals surface area contributed by atoms with Gasteiger partial charge in [-0.3, -0.25) is 4.79 Å². The molecule has 10 nitrogen and oxygen atoms in total. The highest BCUT2D eigenvalue weighted by Crippen LogP contribution is 2.29. The van der Waals surface area contributed by atoms with E-state index >= 15 is 0 Å². The lowest BCUT2D eigenvalue weighted by Gasteiger charge is -2.34. The van der Waals surface area contributed by atoms with E-state index in [-0.39, 0.29) is 0 Å². The molecule has 0 atom stereocenters. The van der Waals surface area contributed by atoms with Crippen molar-refractivity contribution in [2.75, 3.05) is 61.4 Å². The number of anilines is 4. The van der Waals surface area contributed by atoms with Crippen LogP contribution in [0.4, 0.5) is 23.1 Å². The Labute approximate surface area is 212 Å². The first-order valence-electron chi connectivity index (χ1n) is 12.6. The number of carbonyl (C=O) groups is 1. The number of amides is 1. The molecule has 4 heterocycles. The first kappa shape index (κ1) is 25.4. The Morgan fingerprint density at radius 3 is 2.25 bits per heavy atom. The molecule has 1 aromatic carbocycles. The monoisotopic (exact) mass is 491 g/mol. The minimum Gasteiger partial charge on any atom is -0.369 e. The summed E-state index contributed by atoms with van der Waals surface area (Å²) in [5.41, 5.74) is 8.54. The fraction of sp³-hybridized carbons (Fsp3) is 0.462. The number of nitrogens with two attached hydrogens (primary N) is 1. The van der Waals surface area contributed by atoms with Crippen LogP contribution >= 0.6 is 0 Å². The molecule has 3 N–H and O–H groups in total. The van der Waals surface area contributed by atoms with Gasteiger partial charge in [-0.2, -0.15) is 9.97 Å². The molecule has 10 heteroatoms. The molecular weight excluding hydrogens is 454 g/mol. The van der Waals surface area contributed by atoms with Crippen LogP contribution in [0.2, 0.25) is 0 Å². The zero-order valence-corrected chi connectivity index (χ0v) is 21.5. The lowest BCUT2D eigenvalue weighted by molar-refractivity contribution is -0.113. The molecule has 0 unspecified atom stereocenters. The zero-order chi connectivity index (χ0) is 25.7. The third kappa shape index (κ3) is 5.93. The summed E-state index contributed by atoms with van der Waals surface area (Å²) in [5, 5.41) is 3.52. The molecule has 2 saturated heterocycles. The standard InChI is InChI=1S/C23H32N8.C3H5NO/c1-17(2)31-16-24-20-21(26-23(27-22(20)31)30-10-4-5-11-30)25-18-6-8-19(9-7-18)29-14-12-28(3)13-15-29;1-2-3(4)5/h6-9,16-17H,4-5,10-15H2,1-3H3,(H,25,26,27);2H,1H2,(H2,4,5). The van der Waals surface area contributed by atoms with Crippen molar-refractivity contribution in [3.05, 3.63) is 43.2 Å². The number of likely N-dealkylation sites (N-methyl/N-ethyl adjacent to an activating group) is 1. The van der Waals surface area contributed by atoms with Crippen molar-refractivity contribution in [3.63, 3.8) is 0 Å². The Morgan fingerprint density at radius 2 is 1.67 bits per heavy atom. The van der Waals surface area contributed by atoms with Crippen molar-refractivity contribution >= 4 is 40.2 Å². The molecule has 5 rings (SSSR count). The highest BCUT2D eigenvalue weighted by molar-refractivity contribution is 5.87. The lowest BCUT2D eigenvalue weighted by Crippen LogP contribution is -2.44. The molecule has 0 bridgehead atoms. The first-order chi connectivity index (χ1) is 17.4. The summed E-state index contributed by atoms with van der Waals surface area (Å²) in [5.74, 6) is 1.09. The minimum absolute atomic E-state index is 0.294. The highest BCUT2D eigenvalue weighted by Gasteiger charge is 2.21. The second-order valence-electron chi connectivity index (χ2n) is 9.55. The van der Waals surface area contributed by atoms with Crippen LogP contribution < -0.4 is 20.9 Å². The van der Waals surface area contributed by atoms with E-state index in [4.69, 9.17) is 9.97 Å². The van der Waals surface area contributed by atoms with Gasteiger partial charge in [0.15, 0.2) is 17.0 Å². The van der Waals surface area contributed by atoms with Gasteiger partial charge in [-0.25, -0.2) is 4.98 Å². The van der Waals surface area contributed by atoms with Crippen LogP contribution in [0.1, 0.15) is 32.7 Å². The number of benzene rings is 1. The number of fused-ring (bicyclic) bond motifs is 1. The molecule has 2 aromatic heterocycles. The Hall–Kier alpha value is -3.66. The van der Waals surface area contributed by atoms with Gasteiger partial charge in [-0.1, -0.05) is 6.58 Å². The first-order valence-corrected chi connectivity index (χ1v) is 12.6. The summed E-state index contributed by atoms with van der Waals surface area (Å²) in [4.78, 5) is 31.0. The van der Waals surface area contributed by atoms with Gasteiger partial charge in [0.2, 0.25) is 11.9 Å². The summed E-state index contributed by atoms with van der Waals surface area (Å²) in [6.07, 6.45) is 5.32. The minimum atomic E-state index is -0.481. The summed E-state index contributed by atoms with van der Waals surface area (Å²) in [7, 11) is 2.18. The second-order valence-corrected chi connectivity index (χ2v) is 9.55. The van der Waals surface area contributed by atoms with E-state index in [0.29, 0.717) is 6.04 Å². The number of carbonyl (C=O) groups excluding carboxylic acids is 1. The normalized spacial score (nSPS) is 16.2. The summed E-state index contributed by atoms with van der Waals surface area (Å²) >= 11 is 0. The fourth-order valence-corrected chi connectivity index (χ4v) is 4.39. The number of imidazole rings is 1. The van der Waals surface area contributed by atoms with Crippen molar-refractivity contribution in [2.45, 2.75) is 32.7 Å². The SMILES string of the molecule is C=CC(N)=O.CC(C)n1cnc2c(Nc3ccc(N4CCN(C)CC4)cc3)nc(N3CCCC3)nc21. The quantitative estimate of drug-likeness (QED) is 0.506. The molecule has 0 radical (unpaired) electrons. The van der Waals surface area contributed by atoms with Gasteiger partial charge in [0, 0.05) is 56.7 Å². The van der Waals surface area contributed by atoms with Crippen molar-refractivity contribution in [2.24, 2.45) is 5.73 Å². The van der Waals surface area contributed by atoms with Crippen LogP contribution in [0.25, 0.3) is 11.2 Å². The maximum atomic E-state index is 9.47. The van der Waals surface area contributed by atoms with Crippen molar-refractivity contribution in [1.82, 2.24) is 24.4 Å². The maximum absolute atomic E-state index is 9.47. The molecule has 1 amide bonds. The molecule has 2 aliphatic rings. The van der Waals surface area contributed by atoms with Gasteiger partial charge in [0.05, 0.1) is 6.33 Å². The van der Waals surface area contributed by atoms with Gasteiger partial charge in [-0.05, 0) is 64.1 Å². The number of nitrogens with zero attached hydrogens (tertiary/aromatic N) is 7. The van der Waals surface area contributed by atoms with Gasteiger partial charge in [-0.15, -0.1) is 0 Å². The number of rotatable bonds is 6. The van der Waals surface area contributed by atoms with E-state index in [9.17, 15) is 4.79 Å². The molecule has 36 heavy (non-hydrogen) atoms. The number of nitrogens with one attached hydrogen (secondary N) is 1. The predicted octanol–water partition coefficient (Wildman–Crippen LogP) is 3.16. The predicted molar refractivity (Wildman–Crippen MR) is 146 cm³/mol. The molecule has 2 fully saturated rings. The number of aromatic nitrogens is 4. The van der Waals surface area contributed by atoms with Crippen LogP contribution in [0, 0.1) is 0 Å². The smallest absolute Gasteiger partial charge is 0.240 e. The van der Waals surface area contributed by atoms with E-state index in [1.165, 1.54) is 18.5 Å². The van der Waals surface area contributed by atoms with Crippen molar-refractivity contribution < 1.29 is 4.79 Å². The van der Waals surface area contributed by atoms with Gasteiger partial charge < -0.3 is 30.3 Å². The lowest BCUT2D eigenvalue weighted by atomic mass is 10.2. The Kier molecular flexibility index (Phi) is 8.04. The molecule has 192 valence electrons. The van der Waals surface area contributed by atoms with Crippen LogP contribution in [-0.2, 0) is 4.79 Å². The van der Waals surface area contributed by atoms with E-state index in [0.717, 1.165) is 74.0 Å². The maximum Gasteiger partial charge on any atom is 0.240 e. The van der Waals surface area contributed by atoms with Crippen LogP contribution in [0.15, 0.2) is 43.2 Å². The van der Waals surface area contributed by atoms with Crippen LogP contribution in [0.3, 0.4) is 0 Å². The fourth-order valence-electron chi connectivity index (χ4n) is 4.39. The Bertz CT molecular complexity index is 1170. The molecule has 2 aliphatic heterocycles. The van der Waals surface area contributed by atoms with E-state index in [1.807, 2.05) is 6.33 Å². The number of piperazine rings is 1. The Balaban J connectivity index is 0.000000556. The van der Waals surface area contributed by atoms with Crippen LogP contribution in [0.5, 0.6) is 0 Å². The summed E-state index contributed by atoms with van der Waals surface area (Å²) in [6.45, 7) is 13.8. The second kappa shape index (κ2) is 11.4. The summed E-state index contributed by atoms with van der Waals surface area (Å²) < 4.78 is 2.12. The van der Waals surface area contributed by atoms with Crippen molar-refractivity contribution in [1.29, 1.82) is 0 Å². The third-order valence-electron chi connectivity index (χ3n) is 6.55. The van der Waals surface area contributed by atoms with Gasteiger partial charge in [0.25, 0.3) is 0 Å². The summed E-state index contributed by atoms with van der Waals surface area (Å²) in [6, 6.07) is 8.95. The van der Waals surface area contributed by atoms with Crippen molar-refractivity contribution in [3.8, 4) is 0 Å². The molecule has 0 aliphatic carbocycles. The largest absolute Gasteiger partial charge is 0.369 e. The topological polar surface area (TPSA) is 108 Å². The number of hydrogen-bond donors (Lipinski definition) is 2. The van der Waals surface area contributed by atoms with Gasteiger partial charge in [0.1, 0.15) is 0 Å². The average Bonchev–Trinajstić information content (AvgIpc) is 3.56. The highest BCUT2D eigenvalue weighted by atomic mass is 16.1. The van der Waals surface area contributed by atoms with Crippen LogP contribution in [-0.4, -0.2) is 76.6 Å². The Morgan fingerprint density at radius 1 is 1.03 bits per heavy atom. The molecular formula is C26H37N9O. The number of hydrogen-bond acceptors (Lipinski definition) is 8. The third-order valence-corrected chi connectivity index (χ3v) is 6.55. The van der Waals surface area contributed by atoms with E-state index < -0.39 is 5.91 Å². The van der Waals surface area contributed by atoms with E-state index in [2.05, 4.69) is 87.0 Å². The zero-order valence-electron chi connectivity index (χ0n) is 21.5. The molecule has 3 aromatic rings. The van der Waals surface area contributed by atoms with Gasteiger partial charge >= 0.3 is 0 Å². The average molecular weight is 492 g/mol. The molecule has 0 saturated carbocycles.